The third kappa shape index (κ3) is 4.26. The van der Waals surface area contributed by atoms with E-state index in [2.05, 4.69) is 5.32 Å². The van der Waals surface area contributed by atoms with Crippen LogP contribution in [0.25, 0.3) is 11.3 Å². The molecule has 0 bridgehead atoms. The summed E-state index contributed by atoms with van der Waals surface area (Å²) in [5, 5.41) is 12.0. The monoisotopic (exact) mass is 337 g/mol. The molecule has 2 aromatic carbocycles. The summed E-state index contributed by atoms with van der Waals surface area (Å²) in [6.45, 7) is 1.50. The van der Waals surface area contributed by atoms with Crippen LogP contribution in [0.4, 0.5) is 5.69 Å². The minimum absolute atomic E-state index is 0.0618. The third-order valence-electron chi connectivity index (χ3n) is 3.81. The molecule has 1 heterocycles. The van der Waals surface area contributed by atoms with Crippen LogP contribution in [0.3, 0.4) is 0 Å². The highest BCUT2D eigenvalue weighted by Gasteiger charge is 2.11. The second kappa shape index (κ2) is 7.65. The van der Waals surface area contributed by atoms with Crippen molar-refractivity contribution in [2.45, 2.75) is 13.1 Å². The Balaban J connectivity index is 1.57. The highest BCUT2D eigenvalue weighted by atomic mass is 16.5. The summed E-state index contributed by atoms with van der Waals surface area (Å²) < 4.78 is 5.41. The number of nitrogens with two attached hydrogens (primary N) is 1. The van der Waals surface area contributed by atoms with Gasteiger partial charge in [-0.25, -0.2) is 5.48 Å². The number of carbonyl (C=O) groups excluding carboxylic acids is 1. The van der Waals surface area contributed by atoms with Crippen molar-refractivity contribution >= 4 is 11.6 Å². The smallest absolute Gasteiger partial charge is 0.310 e. The number of furan rings is 1. The van der Waals surface area contributed by atoms with Gasteiger partial charge in [-0.15, -0.1) is 0 Å². The molecule has 0 spiro atoms. The second-order valence-electron chi connectivity index (χ2n) is 5.65. The number of hydrogen-bond donors (Lipinski definition) is 4. The molecule has 3 rings (SSSR count). The van der Waals surface area contributed by atoms with Crippen molar-refractivity contribution in [2.75, 3.05) is 5.73 Å². The molecular weight excluding hydrogens is 318 g/mol. The Labute approximate surface area is 145 Å². The summed E-state index contributed by atoms with van der Waals surface area (Å²) in [7, 11) is 0. The van der Waals surface area contributed by atoms with E-state index in [-0.39, 0.29) is 5.76 Å². The van der Waals surface area contributed by atoms with E-state index in [0.717, 1.165) is 29.9 Å². The van der Waals surface area contributed by atoms with Gasteiger partial charge in [0.15, 0.2) is 5.76 Å². The molecule has 3 aromatic rings. The van der Waals surface area contributed by atoms with Crippen molar-refractivity contribution < 1.29 is 14.4 Å². The lowest BCUT2D eigenvalue weighted by atomic mass is 10.1. The van der Waals surface area contributed by atoms with Gasteiger partial charge in [-0.2, -0.15) is 0 Å². The van der Waals surface area contributed by atoms with Crippen LogP contribution in [0.1, 0.15) is 21.7 Å². The fourth-order valence-electron chi connectivity index (χ4n) is 2.44. The molecule has 0 aliphatic rings. The summed E-state index contributed by atoms with van der Waals surface area (Å²) in [5.41, 5.74) is 11.2. The van der Waals surface area contributed by atoms with Crippen molar-refractivity contribution in [2.24, 2.45) is 0 Å². The van der Waals surface area contributed by atoms with Crippen LogP contribution < -0.4 is 16.5 Å². The Kier molecular flexibility index (Phi) is 5.13. The van der Waals surface area contributed by atoms with Gasteiger partial charge in [-0.3, -0.25) is 10.0 Å². The number of nitrogen functional groups attached to an aromatic ring is 1. The minimum Gasteiger partial charge on any atom is -0.451 e. The second-order valence-corrected chi connectivity index (χ2v) is 5.65. The summed E-state index contributed by atoms with van der Waals surface area (Å²) in [6, 6.07) is 18.9. The fraction of sp³-hybridized carbons (Fsp3) is 0.105. The first kappa shape index (κ1) is 16.8. The van der Waals surface area contributed by atoms with Gasteiger partial charge in [-0.05, 0) is 35.4 Å². The van der Waals surface area contributed by atoms with Crippen LogP contribution in [-0.2, 0) is 13.1 Å². The van der Waals surface area contributed by atoms with E-state index in [9.17, 15) is 4.79 Å². The van der Waals surface area contributed by atoms with E-state index in [4.69, 9.17) is 15.4 Å². The number of hydrogen-bond acceptors (Lipinski definition) is 5. The zero-order chi connectivity index (χ0) is 17.6. The lowest BCUT2D eigenvalue weighted by Gasteiger charge is -2.06. The normalized spacial score (nSPS) is 10.6. The number of carbonyl (C=O) groups is 1. The lowest BCUT2D eigenvalue weighted by molar-refractivity contribution is 0.0677. The van der Waals surface area contributed by atoms with Crippen molar-refractivity contribution in [1.82, 2.24) is 10.8 Å². The number of rotatable bonds is 6. The molecule has 128 valence electrons. The van der Waals surface area contributed by atoms with Crippen LogP contribution in [0.5, 0.6) is 0 Å². The van der Waals surface area contributed by atoms with Gasteiger partial charge in [0.1, 0.15) is 5.76 Å². The standard InChI is InChI=1S/C19H19N3O3/c20-16-7-3-14(4-8-16)12-21-11-13-1-5-15(6-2-13)17-9-10-18(25-17)19(23)22-24/h1-10,21,24H,11-12,20H2,(H,22,23). The summed E-state index contributed by atoms with van der Waals surface area (Å²) in [4.78, 5) is 11.3. The van der Waals surface area contributed by atoms with Gasteiger partial charge < -0.3 is 15.5 Å². The van der Waals surface area contributed by atoms with Crippen LogP contribution in [0, 0.1) is 0 Å². The SMILES string of the molecule is Nc1ccc(CNCc2ccc(-c3ccc(C(=O)NO)o3)cc2)cc1. The molecule has 5 N–H and O–H groups in total. The average Bonchev–Trinajstić information content (AvgIpc) is 3.13. The highest BCUT2D eigenvalue weighted by molar-refractivity contribution is 5.91. The Morgan fingerprint density at radius 3 is 2.12 bits per heavy atom. The number of nitrogens with one attached hydrogen (secondary N) is 2. The van der Waals surface area contributed by atoms with E-state index < -0.39 is 5.91 Å². The minimum atomic E-state index is -0.672. The quantitative estimate of drug-likeness (QED) is 0.315. The van der Waals surface area contributed by atoms with Crippen LogP contribution in [0.2, 0.25) is 0 Å². The summed E-state index contributed by atoms with van der Waals surface area (Å²) in [6.07, 6.45) is 0. The van der Waals surface area contributed by atoms with Crippen LogP contribution in [0.15, 0.2) is 65.1 Å². The number of hydroxylamine groups is 1. The van der Waals surface area contributed by atoms with E-state index in [1.165, 1.54) is 11.6 Å². The molecular formula is C19H19N3O3. The fourth-order valence-corrected chi connectivity index (χ4v) is 2.44. The van der Waals surface area contributed by atoms with E-state index in [1.807, 2.05) is 48.5 Å². The molecule has 0 radical (unpaired) electrons. The first-order chi connectivity index (χ1) is 12.2. The molecule has 6 heteroatoms. The molecule has 0 aliphatic heterocycles. The van der Waals surface area contributed by atoms with Crippen molar-refractivity contribution in [3.63, 3.8) is 0 Å². The van der Waals surface area contributed by atoms with E-state index in [1.54, 1.807) is 11.5 Å². The maximum atomic E-state index is 11.3. The maximum Gasteiger partial charge on any atom is 0.310 e. The molecule has 1 amide bonds. The molecule has 25 heavy (non-hydrogen) atoms. The zero-order valence-corrected chi connectivity index (χ0v) is 13.5. The van der Waals surface area contributed by atoms with E-state index in [0.29, 0.717) is 5.76 Å². The first-order valence-electron chi connectivity index (χ1n) is 7.84. The summed E-state index contributed by atoms with van der Waals surface area (Å²) in [5.74, 6) is -0.0403. The van der Waals surface area contributed by atoms with Crippen molar-refractivity contribution in [1.29, 1.82) is 0 Å². The van der Waals surface area contributed by atoms with Gasteiger partial charge >= 0.3 is 5.91 Å². The lowest BCUT2D eigenvalue weighted by Crippen LogP contribution is -2.17. The van der Waals surface area contributed by atoms with Gasteiger partial charge in [0.2, 0.25) is 0 Å². The van der Waals surface area contributed by atoms with Crippen molar-refractivity contribution in [3.05, 3.63) is 77.6 Å². The summed E-state index contributed by atoms with van der Waals surface area (Å²) >= 11 is 0. The number of benzene rings is 2. The first-order valence-corrected chi connectivity index (χ1v) is 7.84. The Morgan fingerprint density at radius 2 is 1.52 bits per heavy atom. The third-order valence-corrected chi connectivity index (χ3v) is 3.81. The van der Waals surface area contributed by atoms with Gasteiger partial charge in [0.25, 0.3) is 0 Å². The van der Waals surface area contributed by atoms with Gasteiger partial charge in [0, 0.05) is 24.3 Å². The van der Waals surface area contributed by atoms with Crippen molar-refractivity contribution in [3.8, 4) is 11.3 Å². The highest BCUT2D eigenvalue weighted by Crippen LogP contribution is 2.22. The maximum absolute atomic E-state index is 11.3. The number of anilines is 1. The van der Waals surface area contributed by atoms with Crippen LogP contribution >= 0.6 is 0 Å². The Bertz CT molecular complexity index is 839. The molecule has 0 unspecified atom stereocenters. The molecule has 1 aromatic heterocycles. The predicted molar refractivity (Wildman–Crippen MR) is 94.8 cm³/mol. The topological polar surface area (TPSA) is 101 Å². The molecule has 0 aliphatic carbocycles. The average molecular weight is 337 g/mol. The largest absolute Gasteiger partial charge is 0.451 e. The molecule has 6 nitrogen and oxygen atoms in total. The Hall–Kier alpha value is -3.09. The van der Waals surface area contributed by atoms with Gasteiger partial charge in [0.05, 0.1) is 0 Å². The Morgan fingerprint density at radius 1 is 0.920 bits per heavy atom. The zero-order valence-electron chi connectivity index (χ0n) is 13.5. The molecule has 0 atom stereocenters. The molecule has 0 saturated carbocycles. The van der Waals surface area contributed by atoms with Gasteiger partial charge in [-0.1, -0.05) is 36.4 Å². The molecule has 0 fully saturated rings. The number of amides is 1. The van der Waals surface area contributed by atoms with Crippen LogP contribution in [-0.4, -0.2) is 11.1 Å². The molecule has 0 saturated heterocycles. The predicted octanol–water partition coefficient (Wildman–Crippen LogP) is 2.94. The van der Waals surface area contributed by atoms with E-state index >= 15 is 0 Å².